The molecular formula is C13H10BrF2NO3S. The zero-order valence-electron chi connectivity index (χ0n) is 10.7. The smallest absolute Gasteiger partial charge is 0.265 e. The molecule has 0 bridgehead atoms. The van der Waals surface area contributed by atoms with Gasteiger partial charge >= 0.3 is 0 Å². The van der Waals surface area contributed by atoms with Gasteiger partial charge in [-0.2, -0.15) is 0 Å². The highest BCUT2D eigenvalue weighted by Gasteiger charge is 2.21. The van der Waals surface area contributed by atoms with Gasteiger partial charge in [-0.25, -0.2) is 17.2 Å². The van der Waals surface area contributed by atoms with Gasteiger partial charge in [-0.1, -0.05) is 15.9 Å². The molecular weight excluding hydrogens is 368 g/mol. The molecule has 4 nitrogen and oxygen atoms in total. The third-order valence-electron chi connectivity index (χ3n) is 2.59. The Labute approximate surface area is 128 Å². The summed E-state index contributed by atoms with van der Waals surface area (Å²) in [5.74, 6) is -1.64. The van der Waals surface area contributed by atoms with Crippen LogP contribution in [0, 0.1) is 11.6 Å². The fourth-order valence-corrected chi connectivity index (χ4v) is 3.16. The van der Waals surface area contributed by atoms with Crippen molar-refractivity contribution >= 4 is 31.6 Å². The maximum atomic E-state index is 13.6. The third kappa shape index (κ3) is 3.51. The van der Waals surface area contributed by atoms with Crippen molar-refractivity contribution in [1.82, 2.24) is 0 Å². The Bertz CT molecular complexity index is 781. The lowest BCUT2D eigenvalue weighted by molar-refractivity contribution is 0.417. The van der Waals surface area contributed by atoms with E-state index < -0.39 is 26.6 Å². The molecule has 0 aromatic heterocycles. The van der Waals surface area contributed by atoms with E-state index in [1.807, 2.05) is 0 Å². The van der Waals surface area contributed by atoms with Crippen molar-refractivity contribution in [2.75, 3.05) is 11.8 Å². The van der Waals surface area contributed by atoms with E-state index in [9.17, 15) is 17.2 Å². The van der Waals surface area contributed by atoms with Crippen LogP contribution >= 0.6 is 15.9 Å². The van der Waals surface area contributed by atoms with Crippen LogP contribution in [-0.4, -0.2) is 15.5 Å². The first-order chi connectivity index (χ1) is 9.83. The first kappa shape index (κ1) is 15.7. The zero-order valence-corrected chi connectivity index (χ0v) is 13.1. The standard InChI is InChI=1S/C13H10BrF2NO3S/c1-20-12-5-2-8(14)6-11(12)17-21(18,19)13-7-9(15)3-4-10(13)16/h2-7,17H,1H3. The predicted octanol–water partition coefficient (Wildman–Crippen LogP) is 3.54. The van der Waals surface area contributed by atoms with Gasteiger partial charge in [0, 0.05) is 4.47 Å². The minimum absolute atomic E-state index is 0.107. The number of methoxy groups -OCH3 is 1. The van der Waals surface area contributed by atoms with Gasteiger partial charge in [0.2, 0.25) is 0 Å². The van der Waals surface area contributed by atoms with Gasteiger partial charge in [-0.3, -0.25) is 4.72 Å². The number of sulfonamides is 1. The highest BCUT2D eigenvalue weighted by molar-refractivity contribution is 9.10. The Morgan fingerprint density at radius 2 is 1.86 bits per heavy atom. The molecule has 8 heteroatoms. The average molecular weight is 378 g/mol. The minimum atomic E-state index is -4.28. The maximum Gasteiger partial charge on any atom is 0.265 e. The molecule has 0 saturated heterocycles. The lowest BCUT2D eigenvalue weighted by Gasteiger charge is -2.12. The molecule has 0 heterocycles. The van der Waals surface area contributed by atoms with Crippen LogP contribution in [0.15, 0.2) is 45.8 Å². The molecule has 0 unspecified atom stereocenters. The van der Waals surface area contributed by atoms with Crippen LogP contribution in [0.25, 0.3) is 0 Å². The summed E-state index contributed by atoms with van der Waals surface area (Å²) in [5, 5.41) is 0. The number of hydrogen-bond acceptors (Lipinski definition) is 3. The van der Waals surface area contributed by atoms with Crippen molar-refractivity contribution in [3.63, 3.8) is 0 Å². The Hall–Kier alpha value is -1.67. The van der Waals surface area contributed by atoms with E-state index in [4.69, 9.17) is 4.74 Å². The number of rotatable bonds is 4. The lowest BCUT2D eigenvalue weighted by atomic mass is 10.3. The Kier molecular flexibility index (Phi) is 4.48. The summed E-state index contributed by atoms with van der Waals surface area (Å²) in [4.78, 5) is -0.774. The Balaban J connectivity index is 2.47. The maximum absolute atomic E-state index is 13.6. The normalized spacial score (nSPS) is 11.2. The third-order valence-corrected chi connectivity index (χ3v) is 4.46. The van der Waals surface area contributed by atoms with Gasteiger partial charge < -0.3 is 4.74 Å². The summed E-state index contributed by atoms with van der Waals surface area (Å²) in [6, 6.07) is 6.84. The summed E-state index contributed by atoms with van der Waals surface area (Å²) >= 11 is 3.19. The fraction of sp³-hybridized carbons (Fsp3) is 0.0769. The first-order valence-corrected chi connectivity index (χ1v) is 7.92. The minimum Gasteiger partial charge on any atom is -0.495 e. The van der Waals surface area contributed by atoms with Crippen LogP contribution in [0.4, 0.5) is 14.5 Å². The summed E-state index contributed by atoms with van der Waals surface area (Å²) in [6.45, 7) is 0. The van der Waals surface area contributed by atoms with Crippen LogP contribution in [0.1, 0.15) is 0 Å². The number of halogens is 3. The summed E-state index contributed by atoms with van der Waals surface area (Å²) in [5.41, 5.74) is 0.107. The second-order valence-electron chi connectivity index (χ2n) is 4.02. The van der Waals surface area contributed by atoms with E-state index in [2.05, 4.69) is 20.7 Å². The SMILES string of the molecule is COc1ccc(Br)cc1NS(=O)(=O)c1cc(F)ccc1F. The molecule has 2 rings (SSSR count). The molecule has 112 valence electrons. The fourth-order valence-electron chi connectivity index (χ4n) is 1.64. The summed E-state index contributed by atoms with van der Waals surface area (Å²) < 4.78 is 58.9. The molecule has 0 aliphatic heterocycles. The summed E-state index contributed by atoms with van der Waals surface area (Å²) in [6.07, 6.45) is 0. The molecule has 0 radical (unpaired) electrons. The summed E-state index contributed by atoms with van der Waals surface area (Å²) in [7, 11) is -2.92. The molecule has 2 aromatic carbocycles. The molecule has 1 N–H and O–H groups in total. The van der Waals surface area contributed by atoms with Gasteiger partial charge in [0.05, 0.1) is 12.8 Å². The molecule has 0 atom stereocenters. The molecule has 0 saturated carbocycles. The van der Waals surface area contributed by atoms with E-state index in [0.29, 0.717) is 10.5 Å². The van der Waals surface area contributed by atoms with Crippen molar-refractivity contribution in [3.8, 4) is 5.75 Å². The van der Waals surface area contributed by atoms with Crippen LogP contribution in [-0.2, 0) is 10.0 Å². The number of hydrogen-bond donors (Lipinski definition) is 1. The van der Waals surface area contributed by atoms with Crippen LogP contribution < -0.4 is 9.46 Å². The lowest BCUT2D eigenvalue weighted by Crippen LogP contribution is -2.15. The van der Waals surface area contributed by atoms with E-state index in [1.54, 1.807) is 6.07 Å². The Morgan fingerprint density at radius 3 is 2.52 bits per heavy atom. The Morgan fingerprint density at radius 1 is 1.14 bits per heavy atom. The van der Waals surface area contributed by atoms with E-state index >= 15 is 0 Å². The molecule has 0 aliphatic carbocycles. The van der Waals surface area contributed by atoms with Crippen molar-refractivity contribution in [2.45, 2.75) is 4.90 Å². The number of ether oxygens (including phenoxy) is 1. The van der Waals surface area contributed by atoms with Crippen molar-refractivity contribution in [3.05, 3.63) is 52.5 Å². The van der Waals surface area contributed by atoms with Gasteiger partial charge in [-0.15, -0.1) is 0 Å². The predicted molar refractivity (Wildman–Crippen MR) is 77.9 cm³/mol. The van der Waals surface area contributed by atoms with Gasteiger partial charge in [-0.05, 0) is 36.4 Å². The highest BCUT2D eigenvalue weighted by atomic mass is 79.9. The van der Waals surface area contributed by atoms with E-state index in [-0.39, 0.29) is 11.4 Å². The second-order valence-corrected chi connectivity index (χ2v) is 6.59. The van der Waals surface area contributed by atoms with Gasteiger partial charge in [0.1, 0.15) is 22.3 Å². The quantitative estimate of drug-likeness (QED) is 0.886. The first-order valence-electron chi connectivity index (χ1n) is 5.65. The van der Waals surface area contributed by atoms with Gasteiger partial charge in [0.15, 0.2) is 0 Å². The number of anilines is 1. The topological polar surface area (TPSA) is 55.4 Å². The van der Waals surface area contributed by atoms with Crippen LogP contribution in [0.5, 0.6) is 5.75 Å². The molecule has 21 heavy (non-hydrogen) atoms. The van der Waals surface area contributed by atoms with Crippen molar-refractivity contribution < 1.29 is 21.9 Å². The monoisotopic (exact) mass is 377 g/mol. The molecule has 0 amide bonds. The highest BCUT2D eigenvalue weighted by Crippen LogP contribution is 2.30. The van der Waals surface area contributed by atoms with E-state index in [1.165, 1.54) is 19.2 Å². The molecule has 0 spiro atoms. The molecule has 0 aliphatic rings. The number of benzene rings is 2. The van der Waals surface area contributed by atoms with Gasteiger partial charge in [0.25, 0.3) is 10.0 Å². The second kappa shape index (κ2) is 5.98. The molecule has 0 fully saturated rings. The zero-order chi connectivity index (χ0) is 15.6. The van der Waals surface area contributed by atoms with Crippen molar-refractivity contribution in [2.24, 2.45) is 0 Å². The molecule has 2 aromatic rings. The number of nitrogens with one attached hydrogen (secondary N) is 1. The van der Waals surface area contributed by atoms with Crippen molar-refractivity contribution in [1.29, 1.82) is 0 Å². The largest absolute Gasteiger partial charge is 0.495 e. The van der Waals surface area contributed by atoms with Crippen LogP contribution in [0.3, 0.4) is 0 Å². The average Bonchev–Trinajstić information content (AvgIpc) is 2.41. The van der Waals surface area contributed by atoms with E-state index in [0.717, 1.165) is 12.1 Å². The van der Waals surface area contributed by atoms with Crippen LogP contribution in [0.2, 0.25) is 0 Å².